The Kier molecular flexibility index (Phi) is 5.63. The van der Waals surface area contributed by atoms with Gasteiger partial charge in [-0.2, -0.15) is 0 Å². The summed E-state index contributed by atoms with van der Waals surface area (Å²) < 4.78 is 5.21. The molecule has 2 amide bonds. The molecular weight excluding hydrogens is 326 g/mol. The normalized spacial score (nSPS) is 17.8. The van der Waals surface area contributed by atoms with Crippen molar-refractivity contribution >= 4 is 18.0 Å². The van der Waals surface area contributed by atoms with E-state index < -0.39 is 17.7 Å². The highest BCUT2D eigenvalue weighted by Crippen LogP contribution is 2.11. The molecule has 1 fully saturated rings. The summed E-state index contributed by atoms with van der Waals surface area (Å²) in [6.07, 6.45) is 0.189. The van der Waals surface area contributed by atoms with Gasteiger partial charge in [-0.15, -0.1) is 0 Å². The van der Waals surface area contributed by atoms with Crippen LogP contribution in [0.4, 0.5) is 4.79 Å². The molecule has 1 aromatic rings. The van der Waals surface area contributed by atoms with Gasteiger partial charge in [-0.3, -0.25) is 10.2 Å². The molecule has 8 nitrogen and oxygen atoms in total. The van der Waals surface area contributed by atoms with E-state index in [0.717, 1.165) is 0 Å². The van der Waals surface area contributed by atoms with Crippen LogP contribution in [0.5, 0.6) is 0 Å². The van der Waals surface area contributed by atoms with Crippen molar-refractivity contribution in [3.63, 3.8) is 0 Å². The second-order valence-electron chi connectivity index (χ2n) is 6.90. The molecule has 1 saturated heterocycles. The number of nitrogens with zero attached hydrogens (tertiary/aromatic N) is 1. The molecule has 1 aliphatic rings. The predicted octanol–water partition coefficient (Wildman–Crippen LogP) is 1.63. The van der Waals surface area contributed by atoms with Crippen LogP contribution in [0.25, 0.3) is 0 Å². The maximum Gasteiger partial charge on any atom is 0.407 e. The summed E-state index contributed by atoms with van der Waals surface area (Å²) in [6, 6.07) is 5.70. The summed E-state index contributed by atoms with van der Waals surface area (Å²) in [4.78, 5) is 35.0. The predicted molar refractivity (Wildman–Crippen MR) is 90.2 cm³/mol. The first-order chi connectivity index (χ1) is 11.6. The Hall–Kier alpha value is -2.61. The smallest absolute Gasteiger partial charge is 0.407 e. The van der Waals surface area contributed by atoms with E-state index in [1.165, 1.54) is 18.2 Å². The largest absolute Gasteiger partial charge is 0.478 e. The van der Waals surface area contributed by atoms with Crippen molar-refractivity contribution in [2.24, 2.45) is 0 Å². The van der Waals surface area contributed by atoms with Crippen molar-refractivity contribution in [2.75, 3.05) is 13.1 Å². The lowest BCUT2D eigenvalue weighted by Crippen LogP contribution is -2.44. The Morgan fingerprint density at radius 2 is 1.92 bits per heavy atom. The van der Waals surface area contributed by atoms with Gasteiger partial charge in [0.15, 0.2) is 0 Å². The molecule has 1 aliphatic heterocycles. The highest BCUT2D eigenvalue weighted by atomic mass is 16.6. The number of carboxylic acids is 1. The Balaban J connectivity index is 1.86. The van der Waals surface area contributed by atoms with Crippen molar-refractivity contribution in [3.8, 4) is 0 Å². The fourth-order valence-electron chi connectivity index (χ4n) is 2.46. The second-order valence-corrected chi connectivity index (χ2v) is 6.90. The molecule has 0 spiro atoms. The summed E-state index contributed by atoms with van der Waals surface area (Å²) in [5.41, 5.74) is 2.48. The molecule has 8 heteroatoms. The fraction of sp³-hybridized carbons (Fsp3) is 0.471. The number of amides is 2. The summed E-state index contributed by atoms with van der Waals surface area (Å²) in [7, 11) is 0. The summed E-state index contributed by atoms with van der Waals surface area (Å²) in [5.74, 6) is -1.47. The molecule has 0 saturated carbocycles. The molecule has 1 aromatic carbocycles. The van der Waals surface area contributed by atoms with Crippen LogP contribution in [0.3, 0.4) is 0 Å². The van der Waals surface area contributed by atoms with Gasteiger partial charge >= 0.3 is 12.1 Å². The van der Waals surface area contributed by atoms with Crippen LogP contribution in [0, 0.1) is 0 Å². The molecule has 0 radical (unpaired) electrons. The van der Waals surface area contributed by atoms with E-state index in [1.807, 2.05) is 0 Å². The number of carbonyl (C=O) groups excluding carboxylic acids is 2. The van der Waals surface area contributed by atoms with Crippen LogP contribution in [0.15, 0.2) is 24.3 Å². The van der Waals surface area contributed by atoms with Gasteiger partial charge in [0.25, 0.3) is 5.91 Å². The molecule has 0 bridgehead atoms. The number of hydrogen-bond donors (Lipinski definition) is 3. The highest BCUT2D eigenvalue weighted by Gasteiger charge is 2.27. The number of ether oxygens (including phenoxy) is 1. The van der Waals surface area contributed by atoms with Crippen LogP contribution < -0.4 is 10.7 Å². The molecule has 136 valence electrons. The Morgan fingerprint density at radius 1 is 1.24 bits per heavy atom. The zero-order valence-corrected chi connectivity index (χ0v) is 14.5. The van der Waals surface area contributed by atoms with Crippen molar-refractivity contribution in [1.82, 2.24) is 15.8 Å². The van der Waals surface area contributed by atoms with E-state index in [9.17, 15) is 14.4 Å². The Labute approximate surface area is 146 Å². The number of rotatable bonds is 4. The van der Waals surface area contributed by atoms with Gasteiger partial charge < -0.3 is 15.2 Å². The molecule has 1 heterocycles. The summed E-state index contributed by atoms with van der Waals surface area (Å²) in [5, 5.41) is 13.4. The number of nitrogens with one attached hydrogen (secondary N) is 2. The topological polar surface area (TPSA) is 108 Å². The lowest BCUT2D eigenvalue weighted by molar-refractivity contribution is 0.0504. The molecule has 25 heavy (non-hydrogen) atoms. The third-order valence-electron chi connectivity index (χ3n) is 3.54. The average molecular weight is 349 g/mol. The SMILES string of the molecule is CC(C)(C)OC(=O)NC1CCN(NC(=O)c2cccc(C(=O)O)c2)C1. The number of hydrogen-bond acceptors (Lipinski definition) is 5. The zero-order valence-electron chi connectivity index (χ0n) is 14.5. The average Bonchev–Trinajstić information content (AvgIpc) is 2.92. The van der Waals surface area contributed by atoms with Crippen LogP contribution in [-0.4, -0.2) is 52.8 Å². The maximum atomic E-state index is 12.2. The van der Waals surface area contributed by atoms with Crippen molar-refractivity contribution in [1.29, 1.82) is 0 Å². The first-order valence-corrected chi connectivity index (χ1v) is 8.03. The number of carbonyl (C=O) groups is 3. The summed E-state index contributed by atoms with van der Waals surface area (Å²) in [6.45, 7) is 6.39. The Bertz CT molecular complexity index is 668. The van der Waals surface area contributed by atoms with Gasteiger partial charge in [-0.05, 0) is 45.4 Å². The molecule has 0 aliphatic carbocycles. The van der Waals surface area contributed by atoms with Gasteiger partial charge in [0, 0.05) is 24.7 Å². The maximum absolute atomic E-state index is 12.2. The van der Waals surface area contributed by atoms with Gasteiger partial charge in [0.05, 0.1) is 5.56 Å². The van der Waals surface area contributed by atoms with E-state index in [0.29, 0.717) is 19.5 Å². The molecule has 1 unspecified atom stereocenters. The molecule has 3 N–H and O–H groups in total. The molecule has 0 aromatic heterocycles. The minimum Gasteiger partial charge on any atom is -0.478 e. The Morgan fingerprint density at radius 3 is 2.56 bits per heavy atom. The molecule has 1 atom stereocenters. The van der Waals surface area contributed by atoms with E-state index in [2.05, 4.69) is 10.7 Å². The standard InChI is InChI=1S/C17H23N3O5/c1-17(2,3)25-16(24)18-13-7-8-20(10-13)19-14(21)11-5-4-6-12(9-11)15(22)23/h4-6,9,13H,7-8,10H2,1-3H3,(H,18,24)(H,19,21)(H,22,23). The zero-order chi connectivity index (χ0) is 18.6. The summed E-state index contributed by atoms with van der Waals surface area (Å²) >= 11 is 0. The first-order valence-electron chi connectivity index (χ1n) is 8.03. The second kappa shape index (κ2) is 7.52. The van der Waals surface area contributed by atoms with Gasteiger partial charge in [-0.1, -0.05) is 6.07 Å². The van der Waals surface area contributed by atoms with Crippen molar-refractivity contribution < 1.29 is 24.2 Å². The minimum atomic E-state index is -1.09. The molecule has 2 rings (SSSR count). The van der Waals surface area contributed by atoms with E-state index in [1.54, 1.807) is 31.8 Å². The van der Waals surface area contributed by atoms with E-state index >= 15 is 0 Å². The van der Waals surface area contributed by atoms with E-state index in [-0.39, 0.29) is 23.1 Å². The number of alkyl carbamates (subject to hydrolysis) is 1. The third kappa shape index (κ3) is 5.75. The number of hydrazine groups is 1. The fourth-order valence-corrected chi connectivity index (χ4v) is 2.46. The monoisotopic (exact) mass is 349 g/mol. The quantitative estimate of drug-likeness (QED) is 0.762. The van der Waals surface area contributed by atoms with Crippen molar-refractivity contribution in [3.05, 3.63) is 35.4 Å². The van der Waals surface area contributed by atoms with Crippen LogP contribution in [0.1, 0.15) is 47.9 Å². The van der Waals surface area contributed by atoms with Crippen LogP contribution in [0.2, 0.25) is 0 Å². The lowest BCUT2D eigenvalue weighted by atomic mass is 10.1. The van der Waals surface area contributed by atoms with Gasteiger partial charge in [0.1, 0.15) is 5.60 Å². The number of aromatic carboxylic acids is 1. The van der Waals surface area contributed by atoms with Crippen LogP contribution in [-0.2, 0) is 4.74 Å². The minimum absolute atomic E-state index is 0.0542. The van der Waals surface area contributed by atoms with Crippen LogP contribution >= 0.6 is 0 Å². The number of benzene rings is 1. The lowest BCUT2D eigenvalue weighted by Gasteiger charge is -2.22. The third-order valence-corrected chi connectivity index (χ3v) is 3.54. The van der Waals surface area contributed by atoms with E-state index in [4.69, 9.17) is 9.84 Å². The van der Waals surface area contributed by atoms with Gasteiger partial charge in [-0.25, -0.2) is 14.6 Å². The van der Waals surface area contributed by atoms with Crippen molar-refractivity contribution in [2.45, 2.75) is 38.8 Å². The van der Waals surface area contributed by atoms with Gasteiger partial charge in [0.2, 0.25) is 0 Å². The molecular formula is C17H23N3O5. The highest BCUT2D eigenvalue weighted by molar-refractivity contribution is 5.97. The first kappa shape index (κ1) is 18.7. The number of carboxylic acid groups (broad SMARTS) is 1.